The Hall–Kier alpha value is -2.16. The highest BCUT2D eigenvalue weighted by atomic mass is 16.6. The smallest absolute Gasteiger partial charge is 0.305 e. The predicted octanol–water partition coefficient (Wildman–Crippen LogP) is 2.71. The van der Waals surface area contributed by atoms with Gasteiger partial charge in [0.05, 0.1) is 4.92 Å². The molecule has 0 radical (unpaired) electrons. The van der Waals surface area contributed by atoms with Crippen LogP contribution in [0.1, 0.15) is 33.4 Å². The average molecular weight is 260 g/mol. The molecule has 0 atom stereocenters. The quantitative estimate of drug-likeness (QED) is 0.666. The fourth-order valence-electron chi connectivity index (χ4n) is 2.47. The molecule has 0 aliphatic heterocycles. The molecule has 2 rings (SSSR count). The molecule has 1 aliphatic carbocycles. The average Bonchev–Trinajstić information content (AvgIpc) is 2.71. The molecule has 1 aromatic heterocycles. The van der Waals surface area contributed by atoms with Crippen molar-refractivity contribution in [3.05, 3.63) is 27.9 Å². The third-order valence-corrected chi connectivity index (χ3v) is 4.49. The van der Waals surface area contributed by atoms with Gasteiger partial charge < -0.3 is 5.32 Å². The summed E-state index contributed by atoms with van der Waals surface area (Å²) in [7, 11) is 0. The molecule has 0 saturated heterocycles. The van der Waals surface area contributed by atoms with E-state index in [0.29, 0.717) is 5.82 Å². The summed E-state index contributed by atoms with van der Waals surface area (Å²) < 4.78 is 0. The van der Waals surface area contributed by atoms with Gasteiger partial charge in [-0.2, -0.15) is 5.26 Å². The topological polar surface area (TPSA) is 91.9 Å². The van der Waals surface area contributed by atoms with Crippen molar-refractivity contribution in [3.63, 3.8) is 0 Å². The molecule has 6 heteroatoms. The Morgan fingerprint density at radius 3 is 2.37 bits per heavy atom. The van der Waals surface area contributed by atoms with E-state index in [4.69, 9.17) is 5.26 Å². The third-order valence-electron chi connectivity index (χ3n) is 4.49. The SMILES string of the molecule is CC1(C)C(Nc2ccc([N+](=O)[O-])c(C#N)n2)C1(C)C. The van der Waals surface area contributed by atoms with Gasteiger partial charge in [-0.25, -0.2) is 4.98 Å². The van der Waals surface area contributed by atoms with Gasteiger partial charge in [0.15, 0.2) is 0 Å². The number of nitrogens with one attached hydrogen (secondary N) is 1. The van der Waals surface area contributed by atoms with Crippen LogP contribution in [0, 0.1) is 32.3 Å². The lowest BCUT2D eigenvalue weighted by atomic mass is 10.0. The van der Waals surface area contributed by atoms with Gasteiger partial charge >= 0.3 is 5.69 Å². The van der Waals surface area contributed by atoms with Crippen LogP contribution in [0.2, 0.25) is 0 Å². The van der Waals surface area contributed by atoms with E-state index < -0.39 is 4.92 Å². The van der Waals surface area contributed by atoms with Gasteiger partial charge in [-0.1, -0.05) is 27.7 Å². The van der Waals surface area contributed by atoms with E-state index in [9.17, 15) is 10.1 Å². The zero-order valence-electron chi connectivity index (χ0n) is 11.4. The molecule has 0 spiro atoms. The number of hydrogen-bond donors (Lipinski definition) is 1. The maximum Gasteiger partial charge on any atom is 0.305 e. The molecule has 1 saturated carbocycles. The minimum atomic E-state index is -0.597. The summed E-state index contributed by atoms with van der Waals surface area (Å²) in [6.45, 7) is 8.62. The molecular formula is C13H16N4O2. The number of pyridine rings is 1. The van der Waals surface area contributed by atoms with Gasteiger partial charge in [0.1, 0.15) is 11.9 Å². The Morgan fingerprint density at radius 2 is 1.95 bits per heavy atom. The first-order valence-electron chi connectivity index (χ1n) is 6.04. The van der Waals surface area contributed by atoms with Crippen molar-refractivity contribution in [1.82, 2.24) is 4.98 Å². The van der Waals surface area contributed by atoms with Gasteiger partial charge in [-0.15, -0.1) is 0 Å². The highest BCUT2D eigenvalue weighted by molar-refractivity contribution is 5.52. The Bertz CT molecular complexity index is 573. The standard InChI is InChI=1S/C13H16N4O2/c1-12(2)11(13(12,3)4)16-10-6-5-9(17(18)19)8(7-14)15-10/h5-6,11H,1-4H3,(H,15,16). The summed E-state index contributed by atoms with van der Waals surface area (Å²) in [6.07, 6.45) is 0. The number of hydrogen-bond acceptors (Lipinski definition) is 5. The Labute approximate surface area is 111 Å². The van der Waals surface area contributed by atoms with E-state index in [1.807, 2.05) is 0 Å². The fourth-order valence-corrected chi connectivity index (χ4v) is 2.47. The van der Waals surface area contributed by atoms with Crippen LogP contribution in [0.3, 0.4) is 0 Å². The van der Waals surface area contributed by atoms with Crippen LogP contribution in [-0.2, 0) is 0 Å². The monoisotopic (exact) mass is 260 g/mol. The Morgan fingerprint density at radius 1 is 1.37 bits per heavy atom. The molecule has 0 aromatic carbocycles. The lowest BCUT2D eigenvalue weighted by molar-refractivity contribution is -0.385. The number of rotatable bonds is 3. The second-order valence-electron chi connectivity index (χ2n) is 5.95. The van der Waals surface area contributed by atoms with Crippen LogP contribution in [0.15, 0.2) is 12.1 Å². The molecule has 100 valence electrons. The summed E-state index contributed by atoms with van der Waals surface area (Å²) >= 11 is 0. The molecule has 1 heterocycles. The van der Waals surface area contributed by atoms with Crippen molar-refractivity contribution in [2.45, 2.75) is 33.7 Å². The Balaban J connectivity index is 2.25. The molecule has 1 aromatic rings. The van der Waals surface area contributed by atoms with Crippen molar-refractivity contribution in [2.75, 3.05) is 5.32 Å². The van der Waals surface area contributed by atoms with Gasteiger partial charge in [0.2, 0.25) is 5.69 Å². The number of nitriles is 1. The van der Waals surface area contributed by atoms with Crippen LogP contribution in [0.25, 0.3) is 0 Å². The van der Waals surface area contributed by atoms with Gasteiger partial charge in [-0.3, -0.25) is 10.1 Å². The zero-order chi connectivity index (χ0) is 14.4. The predicted molar refractivity (Wildman–Crippen MR) is 70.6 cm³/mol. The molecular weight excluding hydrogens is 244 g/mol. The summed E-state index contributed by atoms with van der Waals surface area (Å²) in [5.74, 6) is 0.505. The Kier molecular flexibility index (Phi) is 2.74. The lowest BCUT2D eigenvalue weighted by Crippen LogP contribution is -2.12. The largest absolute Gasteiger partial charge is 0.366 e. The molecule has 6 nitrogen and oxygen atoms in total. The fraction of sp³-hybridized carbons (Fsp3) is 0.538. The van der Waals surface area contributed by atoms with Gasteiger partial charge in [-0.05, 0) is 16.9 Å². The maximum absolute atomic E-state index is 10.7. The summed E-state index contributed by atoms with van der Waals surface area (Å²) in [6, 6.07) is 4.86. The summed E-state index contributed by atoms with van der Waals surface area (Å²) in [4.78, 5) is 14.1. The maximum atomic E-state index is 10.7. The number of nitro groups is 1. The zero-order valence-corrected chi connectivity index (χ0v) is 11.4. The molecule has 0 bridgehead atoms. The van der Waals surface area contributed by atoms with E-state index in [2.05, 4.69) is 38.0 Å². The van der Waals surface area contributed by atoms with Crippen molar-refractivity contribution in [3.8, 4) is 6.07 Å². The highest BCUT2D eigenvalue weighted by Crippen LogP contribution is 2.63. The van der Waals surface area contributed by atoms with Crippen molar-refractivity contribution in [1.29, 1.82) is 5.26 Å². The van der Waals surface area contributed by atoms with E-state index in [1.54, 1.807) is 12.1 Å². The normalized spacial score (nSPS) is 19.5. The molecule has 0 amide bonds. The number of nitrogens with zero attached hydrogens (tertiary/aromatic N) is 3. The molecule has 19 heavy (non-hydrogen) atoms. The van der Waals surface area contributed by atoms with Crippen LogP contribution in [0.4, 0.5) is 11.5 Å². The van der Waals surface area contributed by atoms with Crippen molar-refractivity contribution < 1.29 is 4.92 Å². The molecule has 1 N–H and O–H groups in total. The number of anilines is 1. The molecule has 1 aliphatic rings. The highest BCUT2D eigenvalue weighted by Gasteiger charge is 2.65. The minimum Gasteiger partial charge on any atom is -0.366 e. The van der Waals surface area contributed by atoms with Crippen LogP contribution in [0.5, 0.6) is 0 Å². The second-order valence-corrected chi connectivity index (χ2v) is 5.95. The minimum absolute atomic E-state index is 0.128. The number of aromatic nitrogens is 1. The third kappa shape index (κ3) is 1.91. The summed E-state index contributed by atoms with van der Waals surface area (Å²) in [5, 5.41) is 22.9. The van der Waals surface area contributed by atoms with Gasteiger partial charge in [0.25, 0.3) is 0 Å². The van der Waals surface area contributed by atoms with E-state index in [0.717, 1.165) is 0 Å². The molecule has 0 unspecified atom stereocenters. The first-order valence-corrected chi connectivity index (χ1v) is 6.04. The van der Waals surface area contributed by atoms with Crippen LogP contribution in [-0.4, -0.2) is 15.9 Å². The van der Waals surface area contributed by atoms with Crippen molar-refractivity contribution >= 4 is 11.5 Å². The lowest BCUT2D eigenvalue weighted by Gasteiger charge is -2.07. The summed E-state index contributed by atoms with van der Waals surface area (Å²) in [5.41, 5.74) is -0.166. The van der Waals surface area contributed by atoms with Crippen LogP contribution < -0.4 is 5.32 Å². The van der Waals surface area contributed by atoms with Crippen molar-refractivity contribution in [2.24, 2.45) is 10.8 Å². The second kappa shape index (κ2) is 3.92. The van der Waals surface area contributed by atoms with E-state index >= 15 is 0 Å². The molecule has 1 fully saturated rings. The first-order chi connectivity index (χ1) is 8.71. The first kappa shape index (κ1) is 13.3. The van der Waals surface area contributed by atoms with Crippen LogP contribution >= 0.6 is 0 Å². The van der Waals surface area contributed by atoms with E-state index in [1.165, 1.54) is 6.07 Å². The van der Waals surface area contributed by atoms with E-state index in [-0.39, 0.29) is 28.3 Å². The van der Waals surface area contributed by atoms with Gasteiger partial charge in [0, 0.05) is 12.1 Å².